The fraction of sp³-hybridized carbons (Fsp3) is 0.214. The highest BCUT2D eigenvalue weighted by Gasteiger charge is 2.21. The van der Waals surface area contributed by atoms with Gasteiger partial charge in [-0.2, -0.15) is 0 Å². The van der Waals surface area contributed by atoms with Crippen molar-refractivity contribution in [3.8, 4) is 0 Å². The normalized spacial score (nSPS) is 18.8. The van der Waals surface area contributed by atoms with E-state index in [1.807, 2.05) is 24.4 Å². The van der Waals surface area contributed by atoms with Crippen LogP contribution in [-0.4, -0.2) is 11.5 Å². The second kappa shape index (κ2) is 4.47. The average Bonchev–Trinajstić information content (AvgIpc) is 2.39. The van der Waals surface area contributed by atoms with E-state index in [-0.39, 0.29) is 6.04 Å². The van der Waals surface area contributed by atoms with Crippen molar-refractivity contribution in [3.63, 3.8) is 0 Å². The van der Waals surface area contributed by atoms with E-state index in [0.717, 1.165) is 23.7 Å². The maximum absolute atomic E-state index is 5.91. The molecular formula is C14H13ClN2. The summed E-state index contributed by atoms with van der Waals surface area (Å²) in [5, 5.41) is 4.27. The number of pyridine rings is 1. The zero-order chi connectivity index (χ0) is 11.7. The number of nitrogens with one attached hydrogen (secondary N) is 1. The third-order valence-corrected chi connectivity index (χ3v) is 3.40. The van der Waals surface area contributed by atoms with Crippen molar-refractivity contribution in [2.75, 3.05) is 6.54 Å². The number of hydrogen-bond acceptors (Lipinski definition) is 2. The number of hydrogen-bond donors (Lipinski definition) is 1. The predicted molar refractivity (Wildman–Crippen MR) is 69.2 cm³/mol. The fourth-order valence-electron chi connectivity index (χ4n) is 2.30. The Bertz CT molecular complexity index is 522. The molecule has 1 aromatic heterocycles. The summed E-state index contributed by atoms with van der Waals surface area (Å²) in [7, 11) is 0. The lowest BCUT2D eigenvalue weighted by Crippen LogP contribution is -2.31. The average molecular weight is 245 g/mol. The van der Waals surface area contributed by atoms with Crippen LogP contribution in [0.1, 0.15) is 22.9 Å². The van der Waals surface area contributed by atoms with Gasteiger partial charge >= 0.3 is 0 Å². The molecule has 0 amide bonds. The molecule has 3 rings (SSSR count). The van der Waals surface area contributed by atoms with E-state index >= 15 is 0 Å². The van der Waals surface area contributed by atoms with Gasteiger partial charge in [0.25, 0.3) is 0 Å². The zero-order valence-electron chi connectivity index (χ0n) is 9.36. The SMILES string of the molecule is Clc1ccc(C2NCCc3cccnc32)cc1. The topological polar surface area (TPSA) is 24.9 Å². The monoisotopic (exact) mass is 244 g/mol. The quantitative estimate of drug-likeness (QED) is 0.834. The van der Waals surface area contributed by atoms with Crippen molar-refractivity contribution in [2.24, 2.45) is 0 Å². The molecule has 1 aliphatic rings. The van der Waals surface area contributed by atoms with Gasteiger partial charge in [0.05, 0.1) is 11.7 Å². The number of nitrogens with zero attached hydrogens (tertiary/aromatic N) is 1. The highest BCUT2D eigenvalue weighted by molar-refractivity contribution is 6.30. The van der Waals surface area contributed by atoms with Crippen molar-refractivity contribution < 1.29 is 0 Å². The first kappa shape index (κ1) is 10.8. The van der Waals surface area contributed by atoms with Gasteiger partial charge in [-0.3, -0.25) is 4.98 Å². The molecule has 1 N–H and O–H groups in total. The Labute approximate surface area is 106 Å². The lowest BCUT2D eigenvalue weighted by molar-refractivity contribution is 0.552. The first-order valence-electron chi connectivity index (χ1n) is 5.77. The molecule has 0 saturated heterocycles. The van der Waals surface area contributed by atoms with Crippen molar-refractivity contribution in [1.29, 1.82) is 0 Å². The van der Waals surface area contributed by atoms with Gasteiger partial charge in [-0.05, 0) is 35.7 Å². The van der Waals surface area contributed by atoms with Crippen LogP contribution in [0.15, 0.2) is 42.6 Å². The van der Waals surface area contributed by atoms with E-state index in [4.69, 9.17) is 11.6 Å². The summed E-state index contributed by atoms with van der Waals surface area (Å²) in [6.45, 7) is 0.992. The molecule has 0 spiro atoms. The fourth-order valence-corrected chi connectivity index (χ4v) is 2.43. The van der Waals surface area contributed by atoms with Crippen LogP contribution in [0, 0.1) is 0 Å². The molecule has 0 saturated carbocycles. The Hall–Kier alpha value is -1.38. The molecule has 86 valence electrons. The van der Waals surface area contributed by atoms with Crippen molar-refractivity contribution in [3.05, 3.63) is 64.4 Å². The Morgan fingerprint density at radius 2 is 2.00 bits per heavy atom. The van der Waals surface area contributed by atoms with Gasteiger partial charge in [-0.1, -0.05) is 29.8 Å². The van der Waals surface area contributed by atoms with Gasteiger partial charge in [0.1, 0.15) is 0 Å². The van der Waals surface area contributed by atoms with Gasteiger partial charge in [0.15, 0.2) is 0 Å². The van der Waals surface area contributed by atoms with Crippen molar-refractivity contribution in [2.45, 2.75) is 12.5 Å². The molecule has 1 unspecified atom stereocenters. The molecule has 0 aliphatic carbocycles. The Kier molecular flexibility index (Phi) is 2.83. The van der Waals surface area contributed by atoms with Gasteiger partial charge in [-0.25, -0.2) is 0 Å². The number of rotatable bonds is 1. The lowest BCUT2D eigenvalue weighted by atomic mass is 9.94. The van der Waals surface area contributed by atoms with Gasteiger partial charge in [0.2, 0.25) is 0 Å². The minimum absolute atomic E-state index is 0.192. The molecular weight excluding hydrogens is 232 g/mol. The summed E-state index contributed by atoms with van der Waals surface area (Å²) in [5.41, 5.74) is 3.70. The van der Waals surface area contributed by atoms with Crippen LogP contribution in [0.5, 0.6) is 0 Å². The number of benzene rings is 1. The summed E-state index contributed by atoms with van der Waals surface area (Å²) in [6, 6.07) is 12.3. The van der Waals surface area contributed by atoms with Crippen LogP contribution in [0.2, 0.25) is 5.02 Å². The largest absolute Gasteiger partial charge is 0.305 e. The molecule has 1 atom stereocenters. The molecule has 3 heteroatoms. The third kappa shape index (κ3) is 2.06. The van der Waals surface area contributed by atoms with E-state index in [2.05, 4.69) is 28.5 Å². The van der Waals surface area contributed by atoms with Crippen LogP contribution < -0.4 is 5.32 Å². The maximum Gasteiger partial charge on any atom is 0.0754 e. The third-order valence-electron chi connectivity index (χ3n) is 3.15. The summed E-state index contributed by atoms with van der Waals surface area (Å²) < 4.78 is 0. The molecule has 1 aromatic carbocycles. The molecule has 17 heavy (non-hydrogen) atoms. The van der Waals surface area contributed by atoms with Gasteiger partial charge in [-0.15, -0.1) is 0 Å². The molecule has 2 aromatic rings. The van der Waals surface area contributed by atoms with Crippen molar-refractivity contribution in [1.82, 2.24) is 10.3 Å². The van der Waals surface area contributed by atoms with E-state index in [9.17, 15) is 0 Å². The Morgan fingerprint density at radius 1 is 1.18 bits per heavy atom. The molecule has 2 heterocycles. The van der Waals surface area contributed by atoms with E-state index < -0.39 is 0 Å². The highest BCUT2D eigenvalue weighted by Crippen LogP contribution is 2.27. The number of aromatic nitrogens is 1. The first-order valence-corrected chi connectivity index (χ1v) is 6.15. The maximum atomic E-state index is 5.91. The smallest absolute Gasteiger partial charge is 0.0754 e. The molecule has 0 fully saturated rings. The Balaban J connectivity index is 2.03. The number of halogens is 1. The second-order valence-electron chi connectivity index (χ2n) is 4.24. The van der Waals surface area contributed by atoms with Crippen LogP contribution in [0.4, 0.5) is 0 Å². The standard InChI is InChI=1S/C14H13ClN2/c15-12-5-3-11(4-6-12)14-13-10(7-9-17-14)2-1-8-16-13/h1-6,8,14,17H,7,9H2. The van der Waals surface area contributed by atoms with Crippen LogP contribution in [-0.2, 0) is 6.42 Å². The van der Waals surface area contributed by atoms with Gasteiger partial charge in [0, 0.05) is 17.8 Å². The first-order chi connectivity index (χ1) is 8.34. The molecule has 0 radical (unpaired) electrons. The summed E-state index contributed by atoms with van der Waals surface area (Å²) in [6.07, 6.45) is 2.90. The van der Waals surface area contributed by atoms with E-state index in [0.29, 0.717) is 0 Å². The van der Waals surface area contributed by atoms with Crippen LogP contribution in [0.25, 0.3) is 0 Å². The van der Waals surface area contributed by atoms with Gasteiger partial charge < -0.3 is 5.32 Å². The minimum Gasteiger partial charge on any atom is -0.305 e. The van der Waals surface area contributed by atoms with Crippen molar-refractivity contribution >= 4 is 11.6 Å². The summed E-state index contributed by atoms with van der Waals surface area (Å²) in [4.78, 5) is 4.50. The van der Waals surface area contributed by atoms with E-state index in [1.165, 1.54) is 11.1 Å². The zero-order valence-corrected chi connectivity index (χ0v) is 10.1. The number of fused-ring (bicyclic) bond motifs is 1. The molecule has 0 bridgehead atoms. The van der Waals surface area contributed by atoms with E-state index in [1.54, 1.807) is 0 Å². The predicted octanol–water partition coefficient (Wildman–Crippen LogP) is 2.97. The summed E-state index contributed by atoms with van der Waals surface area (Å²) in [5.74, 6) is 0. The van der Waals surface area contributed by atoms with Crippen LogP contribution in [0.3, 0.4) is 0 Å². The Morgan fingerprint density at radius 3 is 2.82 bits per heavy atom. The minimum atomic E-state index is 0.192. The lowest BCUT2D eigenvalue weighted by Gasteiger charge is -2.26. The highest BCUT2D eigenvalue weighted by atomic mass is 35.5. The van der Waals surface area contributed by atoms with Crippen LogP contribution >= 0.6 is 11.6 Å². The molecule has 2 nitrogen and oxygen atoms in total. The molecule has 1 aliphatic heterocycles. The summed E-state index contributed by atoms with van der Waals surface area (Å²) >= 11 is 5.91. The second-order valence-corrected chi connectivity index (χ2v) is 4.67.